The Labute approximate surface area is 192 Å². The molecule has 0 aliphatic rings. The number of carbonyl (C=O) groups excluding carboxylic acids is 1. The van der Waals surface area contributed by atoms with Crippen LogP contribution in [-0.4, -0.2) is 27.9 Å². The molecule has 2 heterocycles. The number of fused-ring (bicyclic) bond motifs is 1. The van der Waals surface area contributed by atoms with E-state index in [0.717, 1.165) is 33.1 Å². The van der Waals surface area contributed by atoms with Crippen LogP contribution in [0.2, 0.25) is 5.02 Å². The zero-order valence-electron chi connectivity index (χ0n) is 16.4. The summed E-state index contributed by atoms with van der Waals surface area (Å²) in [6.07, 6.45) is 0.705. The second kappa shape index (κ2) is 9.55. The van der Waals surface area contributed by atoms with Crippen molar-refractivity contribution < 1.29 is 4.79 Å². The van der Waals surface area contributed by atoms with Crippen molar-refractivity contribution in [3.8, 4) is 11.1 Å². The van der Waals surface area contributed by atoms with Gasteiger partial charge in [0.2, 0.25) is 5.91 Å². The van der Waals surface area contributed by atoms with Crippen molar-refractivity contribution in [1.29, 1.82) is 0 Å². The number of hydrogen-bond acceptors (Lipinski definition) is 6. The molecule has 2 aromatic carbocycles. The van der Waals surface area contributed by atoms with E-state index in [9.17, 15) is 9.59 Å². The number of nitrogens with two attached hydrogens (primary N) is 1. The molecule has 9 heteroatoms. The zero-order valence-corrected chi connectivity index (χ0v) is 18.8. The lowest BCUT2D eigenvalue weighted by atomic mass is 10.1. The fourth-order valence-corrected chi connectivity index (χ4v) is 4.96. The third kappa shape index (κ3) is 4.92. The van der Waals surface area contributed by atoms with Crippen molar-refractivity contribution in [3.63, 3.8) is 0 Å². The summed E-state index contributed by atoms with van der Waals surface area (Å²) in [5.74, 6) is 5.98. The Balaban J connectivity index is 1.42. The number of thioether (sulfide) groups is 1. The Kier molecular flexibility index (Phi) is 6.60. The van der Waals surface area contributed by atoms with Gasteiger partial charge in [-0.25, -0.2) is 9.66 Å². The molecular weight excluding hydrogens is 452 g/mol. The highest BCUT2D eigenvalue weighted by molar-refractivity contribution is 7.99. The zero-order chi connectivity index (χ0) is 21.8. The summed E-state index contributed by atoms with van der Waals surface area (Å²) in [6, 6.07) is 17.2. The van der Waals surface area contributed by atoms with Gasteiger partial charge in [0.25, 0.3) is 5.56 Å². The predicted molar refractivity (Wildman–Crippen MR) is 128 cm³/mol. The predicted octanol–water partition coefficient (Wildman–Crippen LogP) is 3.94. The first-order valence-corrected chi connectivity index (χ1v) is 11.8. The minimum Gasteiger partial charge on any atom is -0.355 e. The van der Waals surface area contributed by atoms with Gasteiger partial charge in [0.1, 0.15) is 4.83 Å². The number of carbonyl (C=O) groups is 1. The van der Waals surface area contributed by atoms with Crippen LogP contribution in [-0.2, 0) is 11.2 Å². The van der Waals surface area contributed by atoms with Crippen molar-refractivity contribution in [1.82, 2.24) is 15.0 Å². The van der Waals surface area contributed by atoms with Gasteiger partial charge in [0.15, 0.2) is 5.16 Å². The Morgan fingerprint density at radius 3 is 2.65 bits per heavy atom. The van der Waals surface area contributed by atoms with Crippen LogP contribution >= 0.6 is 34.7 Å². The highest BCUT2D eigenvalue weighted by Gasteiger charge is 2.17. The van der Waals surface area contributed by atoms with E-state index in [-0.39, 0.29) is 17.2 Å². The van der Waals surface area contributed by atoms with Crippen molar-refractivity contribution in [3.05, 3.63) is 80.9 Å². The van der Waals surface area contributed by atoms with Crippen molar-refractivity contribution >= 4 is 50.8 Å². The summed E-state index contributed by atoms with van der Waals surface area (Å²) < 4.78 is 1.02. The van der Waals surface area contributed by atoms with Gasteiger partial charge in [-0.2, -0.15) is 0 Å². The van der Waals surface area contributed by atoms with Gasteiger partial charge < -0.3 is 11.2 Å². The monoisotopic (exact) mass is 470 g/mol. The van der Waals surface area contributed by atoms with E-state index in [1.54, 1.807) is 0 Å². The molecule has 0 radical (unpaired) electrons. The van der Waals surface area contributed by atoms with Crippen molar-refractivity contribution in [2.24, 2.45) is 0 Å². The minimum absolute atomic E-state index is 0.118. The largest absolute Gasteiger partial charge is 0.355 e. The maximum Gasteiger partial charge on any atom is 0.282 e. The number of hydrogen-bond donors (Lipinski definition) is 2. The Morgan fingerprint density at radius 2 is 1.90 bits per heavy atom. The quantitative estimate of drug-likeness (QED) is 0.242. The summed E-state index contributed by atoms with van der Waals surface area (Å²) >= 11 is 8.41. The van der Waals surface area contributed by atoms with Crippen LogP contribution in [0, 0.1) is 0 Å². The van der Waals surface area contributed by atoms with Gasteiger partial charge in [-0.1, -0.05) is 65.8 Å². The summed E-state index contributed by atoms with van der Waals surface area (Å²) in [5.41, 5.74) is 2.52. The summed E-state index contributed by atoms with van der Waals surface area (Å²) in [7, 11) is 0. The number of nitrogens with one attached hydrogen (secondary N) is 1. The molecule has 0 unspecified atom stereocenters. The van der Waals surface area contributed by atoms with E-state index in [2.05, 4.69) is 10.3 Å². The van der Waals surface area contributed by atoms with Crippen LogP contribution in [0.3, 0.4) is 0 Å². The molecule has 31 heavy (non-hydrogen) atoms. The molecule has 0 saturated heterocycles. The molecule has 2 aromatic heterocycles. The number of benzene rings is 2. The normalized spacial score (nSPS) is 11.0. The third-order valence-corrected chi connectivity index (χ3v) is 6.75. The summed E-state index contributed by atoms with van der Waals surface area (Å²) in [6.45, 7) is 0.508. The summed E-state index contributed by atoms with van der Waals surface area (Å²) in [5, 5.41) is 6.27. The SMILES string of the molecule is Nn1c(SCC(=O)NCCc2ccc(Cl)cc2)nc2scc(-c3ccccc3)c2c1=O. The van der Waals surface area contributed by atoms with Gasteiger partial charge in [0.05, 0.1) is 11.1 Å². The number of nitrogen functional groups attached to an aromatic ring is 1. The molecule has 0 aliphatic heterocycles. The highest BCUT2D eigenvalue weighted by atomic mass is 35.5. The molecule has 0 fully saturated rings. The standard InChI is InChI=1S/C22H19ClN4O2S2/c23-16-8-6-14(7-9-16)10-11-25-18(28)13-31-22-26-20-19(21(29)27(22)24)17(12-30-20)15-4-2-1-3-5-15/h1-9,12H,10-11,13,24H2,(H,25,28). The van der Waals surface area contributed by atoms with Crippen LogP contribution in [0.15, 0.2) is 69.9 Å². The van der Waals surface area contributed by atoms with Gasteiger partial charge in [0, 0.05) is 22.5 Å². The number of rotatable bonds is 7. The molecule has 4 rings (SSSR count). The second-order valence-corrected chi connectivity index (χ2v) is 9.02. The van der Waals surface area contributed by atoms with E-state index in [1.807, 2.05) is 60.0 Å². The lowest BCUT2D eigenvalue weighted by molar-refractivity contribution is -0.118. The third-order valence-electron chi connectivity index (χ3n) is 4.67. The van der Waals surface area contributed by atoms with Crippen LogP contribution in [0.1, 0.15) is 5.56 Å². The molecule has 0 bridgehead atoms. The van der Waals surface area contributed by atoms with E-state index in [1.165, 1.54) is 11.3 Å². The first-order chi connectivity index (χ1) is 15.0. The molecule has 3 N–H and O–H groups in total. The summed E-state index contributed by atoms with van der Waals surface area (Å²) in [4.78, 5) is 30.2. The van der Waals surface area contributed by atoms with E-state index in [0.29, 0.717) is 33.4 Å². The minimum atomic E-state index is -0.323. The first-order valence-electron chi connectivity index (χ1n) is 9.51. The van der Waals surface area contributed by atoms with Gasteiger partial charge >= 0.3 is 0 Å². The smallest absolute Gasteiger partial charge is 0.282 e. The Bertz CT molecular complexity index is 1270. The average molecular weight is 471 g/mol. The Morgan fingerprint density at radius 1 is 1.16 bits per heavy atom. The lowest BCUT2D eigenvalue weighted by Gasteiger charge is -2.08. The highest BCUT2D eigenvalue weighted by Crippen LogP contribution is 2.31. The molecule has 1 amide bonds. The maximum absolute atomic E-state index is 12.9. The average Bonchev–Trinajstić information content (AvgIpc) is 3.21. The van der Waals surface area contributed by atoms with Crippen LogP contribution in [0.25, 0.3) is 21.3 Å². The number of nitrogens with zero attached hydrogens (tertiary/aromatic N) is 2. The van der Waals surface area contributed by atoms with Crippen molar-refractivity contribution in [2.45, 2.75) is 11.6 Å². The fraction of sp³-hybridized carbons (Fsp3) is 0.136. The van der Waals surface area contributed by atoms with Gasteiger partial charge in [-0.05, 0) is 29.7 Å². The fourth-order valence-electron chi connectivity index (χ4n) is 3.10. The molecule has 158 valence electrons. The maximum atomic E-state index is 12.9. The number of halogens is 1. The number of amides is 1. The van der Waals surface area contributed by atoms with E-state index >= 15 is 0 Å². The van der Waals surface area contributed by atoms with Gasteiger partial charge in [-0.15, -0.1) is 11.3 Å². The molecule has 6 nitrogen and oxygen atoms in total. The molecule has 0 saturated carbocycles. The lowest BCUT2D eigenvalue weighted by Crippen LogP contribution is -2.31. The molecular formula is C22H19ClN4O2S2. The van der Waals surface area contributed by atoms with Crippen LogP contribution < -0.4 is 16.7 Å². The van der Waals surface area contributed by atoms with Crippen LogP contribution in [0.4, 0.5) is 0 Å². The number of thiophene rings is 1. The molecule has 4 aromatic rings. The molecule has 0 aliphatic carbocycles. The van der Waals surface area contributed by atoms with Crippen LogP contribution in [0.5, 0.6) is 0 Å². The van der Waals surface area contributed by atoms with E-state index in [4.69, 9.17) is 17.4 Å². The topological polar surface area (TPSA) is 90.0 Å². The van der Waals surface area contributed by atoms with E-state index < -0.39 is 0 Å². The number of aromatic nitrogens is 2. The van der Waals surface area contributed by atoms with Gasteiger partial charge in [-0.3, -0.25) is 9.59 Å². The van der Waals surface area contributed by atoms with Crippen molar-refractivity contribution in [2.75, 3.05) is 18.1 Å². The molecule has 0 atom stereocenters. The first kappa shape index (κ1) is 21.4. The Hall–Kier alpha value is -2.81. The second-order valence-electron chi connectivity index (χ2n) is 6.78. The molecule has 0 spiro atoms.